The van der Waals surface area contributed by atoms with Crippen LogP contribution in [0.25, 0.3) is 0 Å². The third kappa shape index (κ3) is 4.50. The van der Waals surface area contributed by atoms with Crippen LogP contribution in [0.3, 0.4) is 0 Å². The summed E-state index contributed by atoms with van der Waals surface area (Å²) in [6.07, 6.45) is 0. The molecule has 0 aliphatic carbocycles. The van der Waals surface area contributed by atoms with Crippen LogP contribution in [0, 0.1) is 0 Å². The first-order chi connectivity index (χ1) is 8.65. The van der Waals surface area contributed by atoms with Gasteiger partial charge in [-0.15, -0.1) is 11.6 Å². The second kappa shape index (κ2) is 7.64. The second-order valence-corrected chi connectivity index (χ2v) is 5.10. The SMILES string of the molecule is CCOP(=O)(OCCCl)Oc1ccccc1OC. The Morgan fingerprint density at radius 2 is 1.89 bits per heavy atom. The molecular weight excluding hydrogens is 279 g/mol. The summed E-state index contributed by atoms with van der Waals surface area (Å²) in [5.41, 5.74) is 0. The van der Waals surface area contributed by atoms with Gasteiger partial charge >= 0.3 is 7.82 Å². The van der Waals surface area contributed by atoms with E-state index in [0.29, 0.717) is 11.5 Å². The van der Waals surface area contributed by atoms with E-state index in [0.717, 1.165) is 0 Å². The summed E-state index contributed by atoms with van der Waals surface area (Å²) in [7, 11) is -2.17. The molecule has 0 fully saturated rings. The number of hydrogen-bond acceptors (Lipinski definition) is 5. The highest BCUT2D eigenvalue weighted by atomic mass is 35.5. The molecule has 0 bridgehead atoms. The number of methoxy groups -OCH3 is 1. The molecule has 1 rings (SSSR count). The Morgan fingerprint density at radius 3 is 2.44 bits per heavy atom. The number of hydrogen-bond donors (Lipinski definition) is 0. The normalized spacial score (nSPS) is 13.9. The van der Waals surface area contributed by atoms with Crippen LogP contribution in [-0.4, -0.2) is 26.2 Å². The van der Waals surface area contributed by atoms with Crippen molar-refractivity contribution in [1.82, 2.24) is 0 Å². The topological polar surface area (TPSA) is 54.0 Å². The molecule has 0 amide bonds. The molecular formula is C11H16ClO5P. The summed E-state index contributed by atoms with van der Waals surface area (Å²) in [5, 5.41) is 0. The van der Waals surface area contributed by atoms with Crippen molar-refractivity contribution >= 4 is 19.4 Å². The lowest BCUT2D eigenvalue weighted by Gasteiger charge is -2.18. The number of alkyl halides is 1. The van der Waals surface area contributed by atoms with Crippen molar-refractivity contribution in [3.05, 3.63) is 24.3 Å². The van der Waals surface area contributed by atoms with E-state index < -0.39 is 7.82 Å². The van der Waals surface area contributed by atoms with E-state index in [9.17, 15) is 4.57 Å². The fourth-order valence-corrected chi connectivity index (χ4v) is 2.60. The molecule has 0 N–H and O–H groups in total. The van der Waals surface area contributed by atoms with Crippen LogP contribution in [0.5, 0.6) is 11.5 Å². The third-order valence-corrected chi connectivity index (χ3v) is 3.54. The number of halogens is 1. The van der Waals surface area contributed by atoms with Gasteiger partial charge in [0.1, 0.15) is 0 Å². The molecule has 0 radical (unpaired) electrons. The molecule has 7 heteroatoms. The summed E-state index contributed by atoms with van der Waals surface area (Å²) in [6, 6.07) is 6.81. The molecule has 0 aromatic heterocycles. The number of rotatable bonds is 8. The van der Waals surface area contributed by atoms with Crippen molar-refractivity contribution in [2.45, 2.75) is 6.92 Å². The molecule has 0 saturated carbocycles. The first-order valence-corrected chi connectivity index (χ1v) is 7.42. The first kappa shape index (κ1) is 15.3. The molecule has 5 nitrogen and oxygen atoms in total. The smallest absolute Gasteiger partial charge is 0.493 e. The van der Waals surface area contributed by atoms with Gasteiger partial charge in [-0.05, 0) is 19.1 Å². The fourth-order valence-electron chi connectivity index (χ4n) is 1.21. The molecule has 0 aliphatic heterocycles. The van der Waals surface area contributed by atoms with E-state index in [4.69, 9.17) is 29.9 Å². The van der Waals surface area contributed by atoms with E-state index in [1.54, 1.807) is 31.2 Å². The predicted molar refractivity (Wildman–Crippen MR) is 69.5 cm³/mol. The van der Waals surface area contributed by atoms with Crippen LogP contribution >= 0.6 is 19.4 Å². The maximum absolute atomic E-state index is 12.2. The number of para-hydroxylation sites is 2. The Labute approximate surface area is 112 Å². The fraction of sp³-hybridized carbons (Fsp3) is 0.455. The minimum absolute atomic E-state index is 0.0774. The molecule has 102 valence electrons. The summed E-state index contributed by atoms with van der Waals surface area (Å²) in [6.45, 7) is 1.98. The third-order valence-electron chi connectivity index (χ3n) is 1.89. The van der Waals surface area contributed by atoms with Gasteiger partial charge in [0.2, 0.25) is 0 Å². The van der Waals surface area contributed by atoms with Gasteiger partial charge in [-0.3, -0.25) is 9.05 Å². The van der Waals surface area contributed by atoms with Gasteiger partial charge in [0.05, 0.1) is 20.3 Å². The minimum atomic E-state index is -3.66. The van der Waals surface area contributed by atoms with Crippen LogP contribution in [-0.2, 0) is 13.6 Å². The molecule has 0 saturated heterocycles. The zero-order valence-corrected chi connectivity index (χ0v) is 11.9. The van der Waals surface area contributed by atoms with Crippen molar-refractivity contribution in [1.29, 1.82) is 0 Å². The Morgan fingerprint density at radius 1 is 1.22 bits per heavy atom. The van der Waals surface area contributed by atoms with Crippen molar-refractivity contribution in [2.75, 3.05) is 26.2 Å². The summed E-state index contributed by atoms with van der Waals surface area (Å²) in [4.78, 5) is 0. The Kier molecular flexibility index (Phi) is 6.50. The number of phosphoric ester groups is 1. The highest BCUT2D eigenvalue weighted by Crippen LogP contribution is 2.51. The van der Waals surface area contributed by atoms with Crippen LogP contribution in [0.1, 0.15) is 6.92 Å². The molecule has 1 aromatic rings. The zero-order valence-electron chi connectivity index (χ0n) is 10.3. The van der Waals surface area contributed by atoms with Gasteiger partial charge in [-0.25, -0.2) is 4.57 Å². The summed E-state index contributed by atoms with van der Waals surface area (Å²) < 4.78 is 32.7. The Balaban J connectivity index is 2.85. The largest absolute Gasteiger partial charge is 0.530 e. The van der Waals surface area contributed by atoms with Gasteiger partial charge in [0, 0.05) is 5.88 Å². The standard InChI is InChI=1S/C11H16ClO5P/c1-3-15-18(13,16-9-8-12)17-11-7-5-4-6-10(11)14-2/h4-7H,3,8-9H2,1-2H3. The van der Waals surface area contributed by atoms with Crippen LogP contribution in [0.15, 0.2) is 24.3 Å². The Bertz CT molecular complexity index is 412. The zero-order chi connectivity index (χ0) is 13.4. The van der Waals surface area contributed by atoms with Crippen molar-refractivity contribution < 1.29 is 22.9 Å². The number of ether oxygens (including phenoxy) is 1. The van der Waals surface area contributed by atoms with Crippen molar-refractivity contribution in [2.24, 2.45) is 0 Å². The van der Waals surface area contributed by atoms with E-state index in [-0.39, 0.29) is 19.1 Å². The van der Waals surface area contributed by atoms with Gasteiger partial charge in [-0.1, -0.05) is 12.1 Å². The monoisotopic (exact) mass is 294 g/mol. The maximum Gasteiger partial charge on any atom is 0.530 e. The van der Waals surface area contributed by atoms with Crippen LogP contribution in [0.4, 0.5) is 0 Å². The minimum Gasteiger partial charge on any atom is -0.493 e. The number of benzene rings is 1. The highest BCUT2D eigenvalue weighted by molar-refractivity contribution is 7.48. The van der Waals surface area contributed by atoms with E-state index >= 15 is 0 Å². The molecule has 1 aromatic carbocycles. The quantitative estimate of drug-likeness (QED) is 0.543. The lowest BCUT2D eigenvalue weighted by atomic mass is 10.3. The van der Waals surface area contributed by atoms with Gasteiger partial charge < -0.3 is 9.26 Å². The van der Waals surface area contributed by atoms with E-state index in [1.165, 1.54) is 7.11 Å². The van der Waals surface area contributed by atoms with Crippen LogP contribution in [0.2, 0.25) is 0 Å². The molecule has 0 spiro atoms. The average molecular weight is 295 g/mol. The maximum atomic E-state index is 12.2. The molecule has 1 unspecified atom stereocenters. The molecule has 0 aliphatic rings. The first-order valence-electron chi connectivity index (χ1n) is 5.43. The van der Waals surface area contributed by atoms with Crippen LogP contribution < -0.4 is 9.26 Å². The summed E-state index contributed by atoms with van der Waals surface area (Å²) in [5.74, 6) is 0.949. The molecule has 18 heavy (non-hydrogen) atoms. The lowest BCUT2D eigenvalue weighted by Crippen LogP contribution is -2.05. The average Bonchev–Trinajstić information content (AvgIpc) is 2.37. The van der Waals surface area contributed by atoms with Crippen molar-refractivity contribution in [3.63, 3.8) is 0 Å². The summed E-state index contributed by atoms with van der Waals surface area (Å²) >= 11 is 5.49. The number of phosphoric acid groups is 1. The van der Waals surface area contributed by atoms with Gasteiger partial charge in [0.25, 0.3) is 0 Å². The predicted octanol–water partition coefficient (Wildman–Crippen LogP) is 3.47. The molecule has 0 heterocycles. The molecule has 1 atom stereocenters. The van der Waals surface area contributed by atoms with Gasteiger partial charge in [-0.2, -0.15) is 0 Å². The lowest BCUT2D eigenvalue weighted by molar-refractivity contribution is 0.166. The van der Waals surface area contributed by atoms with Crippen molar-refractivity contribution in [3.8, 4) is 11.5 Å². The van der Waals surface area contributed by atoms with Gasteiger partial charge in [0.15, 0.2) is 11.5 Å². The Hall–Kier alpha value is -0.740. The highest BCUT2D eigenvalue weighted by Gasteiger charge is 2.29. The second-order valence-electron chi connectivity index (χ2n) is 3.13. The van der Waals surface area contributed by atoms with E-state index in [2.05, 4.69) is 0 Å². The van der Waals surface area contributed by atoms with E-state index in [1.807, 2.05) is 0 Å².